The van der Waals surface area contributed by atoms with Crippen LogP contribution in [0.1, 0.15) is 26.2 Å². The molecule has 3 heterocycles. The molecule has 3 aliphatic rings. The lowest BCUT2D eigenvalue weighted by Gasteiger charge is -2.34. The average molecular weight is 448 g/mol. The van der Waals surface area contributed by atoms with E-state index in [9.17, 15) is 19.5 Å². The number of aliphatic hydroxyl groups excluding tert-OH is 1. The number of anilines is 1. The number of rotatable bonds is 7. The van der Waals surface area contributed by atoms with Crippen LogP contribution in [0.5, 0.6) is 5.75 Å². The Hall–Kier alpha value is -2.26. The molecule has 3 saturated heterocycles. The highest BCUT2D eigenvalue weighted by molar-refractivity contribution is 8.02. The van der Waals surface area contributed by atoms with E-state index in [1.807, 2.05) is 6.92 Å². The third-order valence-electron chi connectivity index (χ3n) is 6.97. The maximum Gasteiger partial charge on any atom is 0.248 e. The number of likely N-dealkylation sites (tertiary alicyclic amines) is 1. The number of benzene rings is 1. The first-order valence-corrected chi connectivity index (χ1v) is 11.4. The summed E-state index contributed by atoms with van der Waals surface area (Å²) in [7, 11) is 3.17. The monoisotopic (exact) mass is 447 g/mol. The molecule has 3 N–H and O–H groups in total. The summed E-state index contributed by atoms with van der Waals surface area (Å²) >= 11 is 1.63. The van der Waals surface area contributed by atoms with Crippen molar-refractivity contribution in [2.45, 2.75) is 41.7 Å². The van der Waals surface area contributed by atoms with E-state index in [0.29, 0.717) is 24.3 Å². The maximum atomic E-state index is 13.6. The molecular weight excluding hydrogens is 418 g/mol. The summed E-state index contributed by atoms with van der Waals surface area (Å²) in [5, 5.41) is 15.0. The molecule has 168 valence electrons. The molecule has 1 aromatic rings. The number of nitrogens with one attached hydrogen (secondary N) is 2. The normalized spacial score (nSPS) is 33.4. The van der Waals surface area contributed by atoms with Crippen molar-refractivity contribution in [3.63, 3.8) is 0 Å². The number of nitrogens with zero attached hydrogens (tertiary/aromatic N) is 1. The van der Waals surface area contributed by atoms with Crippen molar-refractivity contribution in [2.75, 3.05) is 32.6 Å². The number of hydrogen-bond donors (Lipinski definition) is 3. The Morgan fingerprint density at radius 3 is 2.58 bits per heavy atom. The number of hydrogen-bond acceptors (Lipinski definition) is 6. The van der Waals surface area contributed by atoms with Crippen LogP contribution < -0.4 is 15.4 Å². The third-order valence-corrected chi connectivity index (χ3v) is 8.95. The Bertz CT molecular complexity index is 894. The molecular formula is C22H29N3O5S. The number of ether oxygens (including phenoxy) is 1. The highest BCUT2D eigenvalue weighted by atomic mass is 32.2. The highest BCUT2D eigenvalue weighted by Gasteiger charge is 2.76. The highest BCUT2D eigenvalue weighted by Crippen LogP contribution is 2.71. The first kappa shape index (κ1) is 22.0. The summed E-state index contributed by atoms with van der Waals surface area (Å²) in [6.07, 6.45) is 1.86. The number of fused-ring (bicyclic) bond motifs is 1. The molecule has 2 unspecified atom stereocenters. The molecule has 2 bridgehead atoms. The van der Waals surface area contributed by atoms with Crippen molar-refractivity contribution in [3.8, 4) is 5.75 Å². The van der Waals surface area contributed by atoms with Crippen LogP contribution in [0.4, 0.5) is 5.69 Å². The van der Waals surface area contributed by atoms with Gasteiger partial charge in [-0.2, -0.15) is 0 Å². The van der Waals surface area contributed by atoms with E-state index in [1.165, 1.54) is 0 Å². The fourth-order valence-electron chi connectivity index (χ4n) is 5.65. The number of amides is 3. The van der Waals surface area contributed by atoms with E-state index in [-0.39, 0.29) is 35.6 Å². The minimum absolute atomic E-state index is 0.0714. The van der Waals surface area contributed by atoms with Crippen LogP contribution in [-0.2, 0) is 14.4 Å². The summed E-state index contributed by atoms with van der Waals surface area (Å²) in [4.78, 5) is 41.5. The van der Waals surface area contributed by atoms with Gasteiger partial charge >= 0.3 is 0 Å². The van der Waals surface area contributed by atoms with Crippen LogP contribution in [0.2, 0.25) is 0 Å². The third kappa shape index (κ3) is 3.29. The van der Waals surface area contributed by atoms with Gasteiger partial charge in [0.15, 0.2) is 0 Å². The van der Waals surface area contributed by atoms with Crippen LogP contribution >= 0.6 is 11.8 Å². The van der Waals surface area contributed by atoms with Crippen LogP contribution in [0.25, 0.3) is 0 Å². The van der Waals surface area contributed by atoms with E-state index in [4.69, 9.17) is 4.74 Å². The zero-order valence-electron chi connectivity index (χ0n) is 18.0. The molecule has 1 aromatic carbocycles. The van der Waals surface area contributed by atoms with Crippen molar-refractivity contribution in [2.24, 2.45) is 11.8 Å². The van der Waals surface area contributed by atoms with E-state index < -0.39 is 22.6 Å². The Labute approximate surface area is 186 Å². The number of carbonyl (C=O) groups excluding carboxylic acids is 3. The lowest BCUT2D eigenvalue weighted by Crippen LogP contribution is -2.52. The molecule has 3 fully saturated rings. The minimum Gasteiger partial charge on any atom is -0.497 e. The van der Waals surface area contributed by atoms with Gasteiger partial charge in [-0.15, -0.1) is 11.8 Å². The molecule has 3 amide bonds. The molecule has 0 aliphatic carbocycles. The van der Waals surface area contributed by atoms with Gasteiger partial charge < -0.3 is 25.4 Å². The zero-order chi connectivity index (χ0) is 22.4. The smallest absolute Gasteiger partial charge is 0.248 e. The van der Waals surface area contributed by atoms with Gasteiger partial charge in [0.1, 0.15) is 11.8 Å². The van der Waals surface area contributed by atoms with Gasteiger partial charge in [0.05, 0.1) is 23.7 Å². The van der Waals surface area contributed by atoms with Crippen molar-refractivity contribution >= 4 is 35.2 Å². The van der Waals surface area contributed by atoms with Crippen LogP contribution in [-0.4, -0.2) is 70.6 Å². The molecule has 8 nitrogen and oxygen atoms in total. The number of methoxy groups -OCH3 is 1. The predicted molar refractivity (Wildman–Crippen MR) is 118 cm³/mol. The summed E-state index contributed by atoms with van der Waals surface area (Å²) in [5.41, 5.74) is 0.617. The van der Waals surface area contributed by atoms with Gasteiger partial charge in [0.2, 0.25) is 17.7 Å². The quantitative estimate of drug-likeness (QED) is 0.581. The summed E-state index contributed by atoms with van der Waals surface area (Å²) in [5.74, 6) is -0.890. The standard InChI is InChI=1S/C22H29N3O5S/c1-21-9-10-22(31-21)16(15(21)18(27)23-2)20(29)25(11-4-12-26)17(22)19(28)24-13-5-7-14(30-3)8-6-13/h5-8,15-17,26H,4,9-12H2,1-3H3,(H,23,27)(H,24,28)/t15-,16-,17?,21+,22?/m0/s1. The second-order valence-corrected chi connectivity index (χ2v) is 10.6. The molecule has 9 heteroatoms. The Morgan fingerprint density at radius 1 is 1.26 bits per heavy atom. The van der Waals surface area contributed by atoms with Crippen LogP contribution in [0, 0.1) is 11.8 Å². The Balaban J connectivity index is 1.69. The first-order chi connectivity index (χ1) is 14.8. The van der Waals surface area contributed by atoms with E-state index in [1.54, 1.807) is 55.1 Å². The molecule has 0 saturated carbocycles. The fraction of sp³-hybridized carbons (Fsp3) is 0.591. The van der Waals surface area contributed by atoms with Gasteiger partial charge in [-0.1, -0.05) is 0 Å². The first-order valence-electron chi connectivity index (χ1n) is 10.6. The van der Waals surface area contributed by atoms with Crippen molar-refractivity contribution < 1.29 is 24.2 Å². The molecule has 3 aliphatic heterocycles. The SMILES string of the molecule is CNC(=O)[C@@H]1[C@H]2C(=O)N(CCCO)C(C(=O)Nc3ccc(OC)cc3)C23CC[C@@]1(C)S3. The molecule has 1 spiro atoms. The van der Waals surface area contributed by atoms with E-state index in [0.717, 1.165) is 6.42 Å². The fourth-order valence-corrected chi connectivity index (χ4v) is 8.01. The minimum atomic E-state index is -0.694. The number of carbonyl (C=O) groups is 3. The van der Waals surface area contributed by atoms with E-state index >= 15 is 0 Å². The van der Waals surface area contributed by atoms with Gasteiger partial charge in [0, 0.05) is 30.6 Å². The Kier molecular flexibility index (Phi) is 5.68. The van der Waals surface area contributed by atoms with E-state index in [2.05, 4.69) is 10.6 Å². The molecule has 4 rings (SSSR count). The summed E-state index contributed by atoms with van der Waals surface area (Å²) in [6, 6.07) is 6.35. The summed E-state index contributed by atoms with van der Waals surface area (Å²) in [6.45, 7) is 2.25. The van der Waals surface area contributed by atoms with Gasteiger partial charge in [-0.05, 0) is 50.5 Å². The second kappa shape index (κ2) is 8.02. The predicted octanol–water partition coefficient (Wildman–Crippen LogP) is 1.24. The largest absolute Gasteiger partial charge is 0.497 e. The Morgan fingerprint density at radius 2 is 1.97 bits per heavy atom. The molecule has 31 heavy (non-hydrogen) atoms. The lowest BCUT2D eigenvalue weighted by atomic mass is 9.66. The number of aliphatic hydroxyl groups is 1. The molecule has 0 aromatic heterocycles. The molecule has 5 atom stereocenters. The maximum absolute atomic E-state index is 13.6. The second-order valence-electron chi connectivity index (χ2n) is 8.67. The van der Waals surface area contributed by atoms with Gasteiger partial charge in [-0.25, -0.2) is 0 Å². The van der Waals surface area contributed by atoms with Crippen LogP contribution in [0.3, 0.4) is 0 Å². The average Bonchev–Trinajstić information content (AvgIpc) is 3.33. The van der Waals surface area contributed by atoms with Crippen LogP contribution in [0.15, 0.2) is 24.3 Å². The van der Waals surface area contributed by atoms with Crippen molar-refractivity contribution in [1.29, 1.82) is 0 Å². The number of thioether (sulfide) groups is 1. The van der Waals surface area contributed by atoms with Crippen molar-refractivity contribution in [1.82, 2.24) is 10.2 Å². The zero-order valence-corrected chi connectivity index (χ0v) is 18.8. The topological polar surface area (TPSA) is 108 Å². The van der Waals surface area contributed by atoms with Crippen molar-refractivity contribution in [3.05, 3.63) is 24.3 Å². The summed E-state index contributed by atoms with van der Waals surface area (Å²) < 4.78 is 4.15. The molecule has 0 radical (unpaired) electrons. The lowest BCUT2D eigenvalue weighted by molar-refractivity contribution is -0.140. The van der Waals surface area contributed by atoms with Gasteiger partial charge in [-0.3, -0.25) is 14.4 Å². The van der Waals surface area contributed by atoms with Gasteiger partial charge in [0.25, 0.3) is 0 Å².